The van der Waals surface area contributed by atoms with E-state index in [1.54, 1.807) is 6.92 Å². The highest BCUT2D eigenvalue weighted by Crippen LogP contribution is 2.78. The fourth-order valence-corrected chi connectivity index (χ4v) is 2.47. The van der Waals surface area contributed by atoms with Crippen LogP contribution in [0.5, 0.6) is 0 Å². The number of esters is 1. The highest BCUT2D eigenvalue weighted by molar-refractivity contribution is 5.84. The molecule has 2 aliphatic rings. The van der Waals surface area contributed by atoms with Gasteiger partial charge in [-0.05, 0) is 19.3 Å². The summed E-state index contributed by atoms with van der Waals surface area (Å²) in [6.45, 7) is 3.30. The lowest BCUT2D eigenvalue weighted by atomic mass is 9.71. The Bertz CT molecular complexity index is 264. The minimum absolute atomic E-state index is 0.137. The average Bonchev–Trinajstić information content (AvgIpc) is 2.77. The summed E-state index contributed by atoms with van der Waals surface area (Å²) in [6, 6.07) is 0. The van der Waals surface area contributed by atoms with Gasteiger partial charge in [0.25, 0.3) is 5.92 Å². The van der Waals surface area contributed by atoms with Crippen LogP contribution in [-0.2, 0) is 9.53 Å². The molecule has 2 fully saturated rings. The predicted molar refractivity (Wildman–Crippen MR) is 41.3 cm³/mol. The fraction of sp³-hybridized carbons (Fsp3) is 0.889. The van der Waals surface area contributed by atoms with Crippen LogP contribution in [-0.4, -0.2) is 18.5 Å². The zero-order valence-corrected chi connectivity index (χ0v) is 7.64. The van der Waals surface area contributed by atoms with Gasteiger partial charge in [0.05, 0.1) is 6.61 Å². The molecule has 2 aliphatic carbocycles. The van der Waals surface area contributed by atoms with E-state index in [9.17, 15) is 13.6 Å². The smallest absolute Gasteiger partial charge is 0.318 e. The van der Waals surface area contributed by atoms with Gasteiger partial charge in [-0.2, -0.15) is 0 Å². The number of carbonyl (C=O) groups is 1. The zero-order chi connectivity index (χ0) is 9.85. The quantitative estimate of drug-likeness (QED) is 0.621. The van der Waals surface area contributed by atoms with Crippen molar-refractivity contribution in [1.29, 1.82) is 0 Å². The lowest BCUT2D eigenvalue weighted by molar-refractivity contribution is -0.211. The predicted octanol–water partition coefficient (Wildman–Crippen LogP) is 1.84. The lowest BCUT2D eigenvalue weighted by Gasteiger charge is -2.40. The second-order valence-corrected chi connectivity index (χ2v) is 3.91. The van der Waals surface area contributed by atoms with Gasteiger partial charge in [-0.1, -0.05) is 6.92 Å². The summed E-state index contributed by atoms with van der Waals surface area (Å²) in [4.78, 5) is 11.2. The molecule has 3 atom stereocenters. The summed E-state index contributed by atoms with van der Waals surface area (Å²) < 4.78 is 31.2. The van der Waals surface area contributed by atoms with Gasteiger partial charge in [0, 0.05) is 5.92 Å². The molecule has 4 heteroatoms. The highest BCUT2D eigenvalue weighted by Gasteiger charge is 2.88. The molecule has 2 saturated carbocycles. The molecule has 0 aliphatic heterocycles. The van der Waals surface area contributed by atoms with Gasteiger partial charge in [-0.15, -0.1) is 0 Å². The molecular weight excluding hydrogens is 178 g/mol. The third-order valence-corrected chi connectivity index (χ3v) is 3.42. The Morgan fingerprint density at radius 3 is 2.62 bits per heavy atom. The van der Waals surface area contributed by atoms with E-state index in [-0.39, 0.29) is 12.5 Å². The number of alkyl halides is 2. The number of hydrogen-bond donors (Lipinski definition) is 0. The van der Waals surface area contributed by atoms with E-state index in [1.165, 1.54) is 6.92 Å². The Hall–Kier alpha value is -0.670. The highest BCUT2D eigenvalue weighted by atomic mass is 19.3. The zero-order valence-electron chi connectivity index (χ0n) is 7.64. The van der Waals surface area contributed by atoms with Gasteiger partial charge >= 0.3 is 5.97 Å². The molecule has 0 unspecified atom stereocenters. The van der Waals surface area contributed by atoms with Crippen LogP contribution in [0.3, 0.4) is 0 Å². The van der Waals surface area contributed by atoms with Crippen molar-refractivity contribution in [2.45, 2.75) is 26.2 Å². The molecule has 0 heterocycles. The van der Waals surface area contributed by atoms with Gasteiger partial charge < -0.3 is 4.74 Å². The van der Waals surface area contributed by atoms with Crippen LogP contribution < -0.4 is 0 Å². The normalized spacial score (nSPS) is 44.6. The Kier molecular flexibility index (Phi) is 1.52. The van der Waals surface area contributed by atoms with Crippen molar-refractivity contribution in [3.8, 4) is 0 Å². The first kappa shape index (κ1) is 8.91. The van der Waals surface area contributed by atoms with Crippen molar-refractivity contribution in [3.05, 3.63) is 0 Å². The van der Waals surface area contributed by atoms with E-state index < -0.39 is 23.2 Å². The van der Waals surface area contributed by atoms with E-state index >= 15 is 0 Å². The molecule has 0 bridgehead atoms. The minimum atomic E-state index is -2.84. The molecule has 0 amide bonds. The molecular formula is C9H12F2O2. The molecule has 2 nitrogen and oxygen atoms in total. The lowest BCUT2D eigenvalue weighted by Crippen LogP contribution is -2.54. The minimum Gasteiger partial charge on any atom is -0.465 e. The van der Waals surface area contributed by atoms with Crippen molar-refractivity contribution in [1.82, 2.24) is 0 Å². The number of halogens is 2. The molecule has 0 aromatic heterocycles. The summed E-state index contributed by atoms with van der Waals surface area (Å²) in [5.41, 5.74) is -1.43. The van der Waals surface area contributed by atoms with Crippen LogP contribution in [0.25, 0.3) is 0 Å². The summed E-state index contributed by atoms with van der Waals surface area (Å²) in [5.74, 6) is -4.34. The van der Waals surface area contributed by atoms with E-state index in [4.69, 9.17) is 0 Å². The molecule has 0 spiro atoms. The van der Waals surface area contributed by atoms with E-state index in [0.29, 0.717) is 6.42 Å². The van der Waals surface area contributed by atoms with Gasteiger partial charge in [-0.3, -0.25) is 4.79 Å². The molecule has 13 heavy (non-hydrogen) atoms. The van der Waals surface area contributed by atoms with Crippen LogP contribution in [0.1, 0.15) is 20.3 Å². The summed E-state index contributed by atoms with van der Waals surface area (Å²) >= 11 is 0. The van der Waals surface area contributed by atoms with Crippen molar-refractivity contribution < 1.29 is 18.3 Å². The van der Waals surface area contributed by atoms with E-state index in [0.717, 1.165) is 0 Å². The maximum atomic E-state index is 13.3. The Morgan fingerprint density at radius 1 is 1.62 bits per heavy atom. The maximum Gasteiger partial charge on any atom is 0.318 e. The van der Waals surface area contributed by atoms with Crippen LogP contribution in [0.4, 0.5) is 8.78 Å². The van der Waals surface area contributed by atoms with Gasteiger partial charge in [0.15, 0.2) is 0 Å². The third-order valence-electron chi connectivity index (χ3n) is 3.42. The monoisotopic (exact) mass is 190 g/mol. The molecule has 0 aromatic rings. The Labute approximate surface area is 75.3 Å². The van der Waals surface area contributed by atoms with Gasteiger partial charge in [-0.25, -0.2) is 8.78 Å². The van der Waals surface area contributed by atoms with Crippen LogP contribution >= 0.6 is 0 Å². The van der Waals surface area contributed by atoms with Crippen molar-refractivity contribution >= 4 is 5.97 Å². The number of ether oxygens (including phenoxy) is 1. The Morgan fingerprint density at radius 2 is 2.23 bits per heavy atom. The number of fused-ring (bicyclic) bond motifs is 1. The van der Waals surface area contributed by atoms with Gasteiger partial charge in [0.1, 0.15) is 5.41 Å². The van der Waals surface area contributed by atoms with Crippen molar-refractivity contribution in [2.75, 3.05) is 6.61 Å². The third kappa shape index (κ3) is 0.747. The first-order valence-electron chi connectivity index (χ1n) is 4.53. The number of rotatable bonds is 2. The number of carbonyl (C=O) groups excluding carboxylic acids is 1. The molecule has 0 saturated heterocycles. The largest absolute Gasteiger partial charge is 0.465 e. The topological polar surface area (TPSA) is 26.3 Å². The van der Waals surface area contributed by atoms with Crippen molar-refractivity contribution in [3.63, 3.8) is 0 Å². The van der Waals surface area contributed by atoms with E-state index in [1.807, 2.05) is 0 Å². The SMILES string of the molecule is CCOC(=O)[C@@]12C[C@@H]1[C@H](C)C2(F)F. The van der Waals surface area contributed by atoms with E-state index in [2.05, 4.69) is 4.74 Å². The van der Waals surface area contributed by atoms with Crippen LogP contribution in [0.15, 0.2) is 0 Å². The molecule has 2 rings (SSSR count). The fourth-order valence-electron chi connectivity index (χ4n) is 2.47. The molecule has 0 aromatic carbocycles. The first-order valence-corrected chi connectivity index (χ1v) is 4.53. The number of hydrogen-bond acceptors (Lipinski definition) is 2. The Balaban J connectivity index is 2.14. The summed E-state index contributed by atoms with van der Waals surface area (Å²) in [6.07, 6.45) is 0.306. The first-order chi connectivity index (χ1) is 5.98. The summed E-state index contributed by atoms with van der Waals surface area (Å²) in [5, 5.41) is 0. The second kappa shape index (κ2) is 2.22. The summed E-state index contributed by atoms with van der Waals surface area (Å²) in [7, 11) is 0. The molecule has 74 valence electrons. The molecule has 0 N–H and O–H groups in total. The standard InChI is InChI=1S/C9H12F2O2/c1-3-13-7(12)8-4-6(8)5(2)9(8,10)11/h5-6H,3-4H2,1-2H3/t5-,6+,8+/m0/s1. The van der Waals surface area contributed by atoms with Crippen LogP contribution in [0.2, 0.25) is 0 Å². The van der Waals surface area contributed by atoms with Gasteiger partial charge in [0.2, 0.25) is 0 Å². The van der Waals surface area contributed by atoms with Crippen molar-refractivity contribution in [2.24, 2.45) is 17.3 Å². The molecule has 0 radical (unpaired) electrons. The average molecular weight is 190 g/mol. The second-order valence-electron chi connectivity index (χ2n) is 3.91. The maximum absolute atomic E-state index is 13.3. The van der Waals surface area contributed by atoms with Crippen LogP contribution in [0, 0.1) is 17.3 Å².